The lowest BCUT2D eigenvalue weighted by atomic mass is 9.65. The summed E-state index contributed by atoms with van der Waals surface area (Å²) in [6.45, 7) is 26.1. The van der Waals surface area contributed by atoms with Gasteiger partial charge in [0, 0.05) is 104 Å². The van der Waals surface area contributed by atoms with E-state index in [9.17, 15) is 51.7 Å². The number of fused-ring (bicyclic) bond motifs is 10. The number of ketones is 2. The molecule has 7 aromatic heterocycles. The predicted octanol–water partition coefficient (Wildman–Crippen LogP) is 32.6. The number of allylic oxidation sites excluding steroid dienone is 6. The summed E-state index contributed by atoms with van der Waals surface area (Å²) in [7, 11) is 0. The van der Waals surface area contributed by atoms with E-state index in [1.807, 2.05) is 70.4 Å². The van der Waals surface area contributed by atoms with Crippen LogP contribution in [-0.4, -0.2) is 33.5 Å². The highest BCUT2D eigenvalue weighted by Crippen LogP contribution is 2.68. The van der Waals surface area contributed by atoms with E-state index in [0.717, 1.165) is 243 Å². The Hall–Kier alpha value is -10.7. The fourth-order valence-corrected chi connectivity index (χ4v) is 29.5. The Kier molecular flexibility index (Phi) is 31.0. The first-order valence-electron chi connectivity index (χ1n) is 47.5. The van der Waals surface area contributed by atoms with Crippen molar-refractivity contribution in [1.82, 2.24) is 8.75 Å². The summed E-state index contributed by atoms with van der Waals surface area (Å²) in [5.74, 6) is 2.40. The number of Topliss-reactive ketones (excluding diaryl/α,β-unsaturated/α-hetero) is 2. The summed E-state index contributed by atoms with van der Waals surface area (Å²) >= 11 is 12.8. The Morgan fingerprint density at radius 3 is 1.06 bits per heavy atom. The maximum atomic E-state index is 14.9. The van der Waals surface area contributed by atoms with Gasteiger partial charge >= 0.3 is 0 Å². The van der Waals surface area contributed by atoms with Crippen molar-refractivity contribution in [3.63, 3.8) is 0 Å². The Bertz CT molecular complexity index is 6700. The number of aromatic nitrogens is 2. The van der Waals surface area contributed by atoms with E-state index >= 15 is 0 Å². The first kappa shape index (κ1) is 95.9. The lowest BCUT2D eigenvalue weighted by Crippen LogP contribution is -2.31. The molecule has 5 aliphatic rings. The number of rotatable bonds is 43. The molecule has 6 unspecified atom stereocenters. The van der Waals surface area contributed by atoms with Gasteiger partial charge in [-0.15, -0.1) is 68.0 Å². The van der Waals surface area contributed by atoms with Crippen LogP contribution in [0.25, 0.3) is 94.2 Å². The van der Waals surface area contributed by atoms with E-state index in [0.29, 0.717) is 64.1 Å². The standard InChI is InChI=1S/C108H110N12O4S8/c1-12-23-29-30-36-107(49-62(18-7)31-24-13-2)81-45-87(127-101(81)102-82(107)47-89(129-102)105-85(123-60-65(21-10)34-27-16-5)43-73(125-105)41-79-91(71(56-113)57-114)75-37-67(52-109)69(54-111)39-77(75)99(79)121)93-95-97(119-131-117-95)94(98-96(93)118-132-120-98)88-46-83-103(128-88)104-84(108(83,50-63(19-8)32-25-14-3)51-64(20-9)33-26-15-4)48-90(130-104)106-86(124-61-66(22-11)35-28-17-6)44-74(126-106)42-80-92(72(58-115)59-116)76-38-68(53-110)70(55-112)40-78(76)100(80)122/h37-48,62-66H,12-36,49-51,60-61H2,1-11H3/b79-41-,80-42-. The lowest BCUT2D eigenvalue weighted by Gasteiger charge is -2.37. The van der Waals surface area contributed by atoms with Crippen LogP contribution in [0.3, 0.4) is 0 Å². The molecule has 0 saturated carbocycles. The number of hydrogen-bond donors (Lipinski definition) is 0. The van der Waals surface area contributed by atoms with Crippen molar-refractivity contribution in [3.8, 4) is 120 Å². The molecule has 0 amide bonds. The number of nitriles is 8. The Labute approximate surface area is 809 Å². The molecule has 674 valence electrons. The number of hydrogen-bond acceptors (Lipinski definition) is 23. The fraction of sp³-hybridized carbons (Fsp3) is 0.444. The van der Waals surface area contributed by atoms with Crippen molar-refractivity contribution < 1.29 is 19.1 Å². The maximum Gasteiger partial charge on any atom is 0.194 e. The van der Waals surface area contributed by atoms with Crippen LogP contribution in [0, 0.1) is 120 Å². The van der Waals surface area contributed by atoms with Gasteiger partial charge in [0.2, 0.25) is 0 Å². The summed E-state index contributed by atoms with van der Waals surface area (Å²) in [6, 6.07) is 36.2. The molecule has 0 saturated heterocycles. The van der Waals surface area contributed by atoms with Crippen LogP contribution in [0.1, 0.15) is 342 Å². The molecule has 1 aliphatic heterocycles. The number of ether oxygens (including phenoxy) is 2. The molecule has 3 aromatic carbocycles. The van der Waals surface area contributed by atoms with E-state index < -0.39 is 17.0 Å². The van der Waals surface area contributed by atoms with Crippen LogP contribution in [0.4, 0.5) is 11.4 Å². The Balaban J connectivity index is 0.904. The number of carbonyl (C=O) groups excluding carboxylic acids is 2. The van der Waals surface area contributed by atoms with Crippen LogP contribution >= 0.6 is 79.7 Å². The van der Waals surface area contributed by atoms with E-state index in [1.165, 1.54) is 112 Å². The van der Waals surface area contributed by atoms with E-state index in [4.69, 9.17) is 26.9 Å². The molecule has 16 nitrogen and oxygen atoms in total. The minimum Gasteiger partial charge on any atom is -0.492 e. The molecule has 0 spiro atoms. The molecule has 0 bridgehead atoms. The van der Waals surface area contributed by atoms with Gasteiger partial charge in [0.25, 0.3) is 0 Å². The van der Waals surface area contributed by atoms with Crippen LogP contribution in [0.2, 0.25) is 0 Å². The molecule has 0 fully saturated rings. The lowest BCUT2D eigenvalue weighted by molar-refractivity contribution is 0.103. The Morgan fingerprint density at radius 1 is 0.379 bits per heavy atom. The summed E-state index contributed by atoms with van der Waals surface area (Å²) in [4.78, 5) is 42.2. The molecule has 10 aromatic rings. The fourth-order valence-electron chi connectivity index (χ4n) is 20.7. The molecule has 132 heavy (non-hydrogen) atoms. The van der Waals surface area contributed by atoms with Crippen molar-refractivity contribution in [2.75, 3.05) is 13.2 Å². The van der Waals surface area contributed by atoms with Gasteiger partial charge in [-0.05, 0) is 174 Å². The molecule has 6 atom stereocenters. The van der Waals surface area contributed by atoms with Crippen molar-refractivity contribution in [1.29, 1.82) is 42.1 Å². The molecule has 4 aliphatic carbocycles. The highest BCUT2D eigenvalue weighted by Gasteiger charge is 2.51. The van der Waals surface area contributed by atoms with Crippen LogP contribution in [-0.2, 0) is 22.2 Å². The van der Waals surface area contributed by atoms with E-state index in [-0.39, 0.29) is 83.4 Å². The molecular weight excluding hydrogens is 1790 g/mol. The smallest absolute Gasteiger partial charge is 0.194 e. The van der Waals surface area contributed by atoms with Gasteiger partial charge in [0.1, 0.15) is 93.6 Å². The number of unbranched alkanes of at least 4 members (excludes halogenated alkanes) is 8. The van der Waals surface area contributed by atoms with Crippen molar-refractivity contribution in [2.24, 2.45) is 38.3 Å². The summed E-state index contributed by atoms with van der Waals surface area (Å²) < 4.78 is 35.9. The summed E-state index contributed by atoms with van der Waals surface area (Å²) in [6.07, 6.45) is 33.1. The van der Waals surface area contributed by atoms with Gasteiger partial charge in [0.15, 0.2) is 11.6 Å². The largest absolute Gasteiger partial charge is 0.492 e. The average molecular weight is 1900 g/mol. The molecular formula is C108H110N12O4S8. The van der Waals surface area contributed by atoms with Gasteiger partial charge in [-0.25, -0.2) is 0 Å². The SMILES string of the molecule is CCCCCCC1(CC(CC)CCCC)c2cc(-c3sc(/C=C4\C(=O)c5cc(C#N)c(C#N)cc5C4=C(C#N)C#N)cc3OCC(CC)CCCC)sc2-c2sc(-c3c4c(c(-c5cc6c(s5)-c5sc(-c7sc(/C=C8\C(=O)c9cc(C#N)c(C#N)cc9C8=C(C#N)C#N)cc7OCC(CC)CCCC)cc5C6(CC(CC)CCCC)CC(CC)CCCC)c5nsnc35)N=S=N4)cc21. The average Bonchev–Trinajstić information content (AvgIpc) is 1.53. The van der Waals surface area contributed by atoms with Gasteiger partial charge < -0.3 is 9.47 Å². The highest BCUT2D eigenvalue weighted by atomic mass is 32.1. The second-order valence-electron chi connectivity index (χ2n) is 36.1. The molecule has 8 heterocycles. The monoisotopic (exact) mass is 1890 g/mol. The first-order chi connectivity index (χ1) is 64.4. The van der Waals surface area contributed by atoms with Crippen molar-refractivity contribution >= 4 is 148 Å². The minimum absolute atomic E-state index is 0.0386. The van der Waals surface area contributed by atoms with Gasteiger partial charge in [-0.3, -0.25) is 9.59 Å². The zero-order chi connectivity index (χ0) is 93.2. The molecule has 0 radical (unpaired) electrons. The molecule has 24 heteroatoms. The zero-order valence-corrected chi connectivity index (χ0v) is 83.8. The van der Waals surface area contributed by atoms with Crippen LogP contribution in [0.15, 0.2) is 91.7 Å². The van der Waals surface area contributed by atoms with E-state index in [2.05, 4.69) is 125 Å². The third-order valence-electron chi connectivity index (χ3n) is 28.1. The normalized spacial score (nSPS) is 17.0. The first-order valence-corrected chi connectivity index (χ1v) is 53.9. The minimum atomic E-state index is -0.437. The predicted molar refractivity (Wildman–Crippen MR) is 543 cm³/mol. The second-order valence-corrected chi connectivity index (χ2v) is 43.6. The van der Waals surface area contributed by atoms with Crippen LogP contribution in [0.5, 0.6) is 11.5 Å². The summed E-state index contributed by atoms with van der Waals surface area (Å²) in [5.41, 5.74) is 10.9. The third-order valence-corrected chi connectivity index (χ3v) is 36.6. The zero-order valence-electron chi connectivity index (χ0n) is 77.3. The van der Waals surface area contributed by atoms with Crippen LogP contribution < -0.4 is 9.47 Å². The molecule has 0 N–H and O–H groups in total. The maximum absolute atomic E-state index is 14.9. The number of nitrogens with zero attached hydrogens (tertiary/aromatic N) is 12. The number of thiophene rings is 6. The van der Waals surface area contributed by atoms with Crippen molar-refractivity contribution in [3.05, 3.63) is 159 Å². The van der Waals surface area contributed by atoms with Gasteiger partial charge in [-0.1, -0.05) is 217 Å². The third kappa shape index (κ3) is 18.2. The molecule has 15 rings (SSSR count). The Morgan fingerprint density at radius 2 is 0.712 bits per heavy atom. The van der Waals surface area contributed by atoms with E-state index in [1.54, 1.807) is 23.5 Å². The number of benzene rings is 3. The van der Waals surface area contributed by atoms with Gasteiger partial charge in [-0.2, -0.15) is 59.6 Å². The van der Waals surface area contributed by atoms with Crippen molar-refractivity contribution in [2.45, 2.75) is 267 Å². The quantitative estimate of drug-likeness (QED) is 0.0195. The second kappa shape index (κ2) is 42.7. The van der Waals surface area contributed by atoms with Gasteiger partial charge in [0.05, 0.1) is 68.3 Å². The topological polar surface area (TPSA) is 293 Å². The number of carbonyl (C=O) groups is 2. The highest BCUT2D eigenvalue weighted by molar-refractivity contribution is 7.58. The summed E-state index contributed by atoms with van der Waals surface area (Å²) in [5, 5.41) is 82.8.